The van der Waals surface area contributed by atoms with Crippen LogP contribution in [0.4, 0.5) is 0 Å². The molecule has 15 heavy (non-hydrogen) atoms. The molecule has 1 saturated heterocycles. The molecule has 1 atom stereocenters. The fourth-order valence-corrected chi connectivity index (χ4v) is 3.56. The second-order valence-electron chi connectivity index (χ2n) is 3.80. The first kappa shape index (κ1) is 10.6. The summed E-state index contributed by atoms with van der Waals surface area (Å²) in [6.07, 6.45) is 1.68. The minimum Gasteiger partial charge on any atom is -0.301 e. The highest BCUT2D eigenvalue weighted by Crippen LogP contribution is 2.16. The molecule has 1 heterocycles. The second kappa shape index (κ2) is 4.33. The Morgan fingerprint density at radius 2 is 2.40 bits per heavy atom. The molecule has 0 aromatic heterocycles. The van der Waals surface area contributed by atoms with Gasteiger partial charge in [0.25, 0.3) is 0 Å². The van der Waals surface area contributed by atoms with Crippen LogP contribution in [0.3, 0.4) is 0 Å². The van der Waals surface area contributed by atoms with Gasteiger partial charge in [0, 0.05) is 0 Å². The minimum atomic E-state index is -3.04. The first-order valence-corrected chi connectivity index (χ1v) is 6.80. The van der Waals surface area contributed by atoms with E-state index in [9.17, 15) is 8.42 Å². The largest absolute Gasteiger partial charge is 0.301 e. The normalized spacial score (nSPS) is 21.7. The van der Waals surface area contributed by atoms with E-state index in [4.69, 9.17) is 0 Å². The van der Waals surface area contributed by atoms with Crippen LogP contribution in [0, 0.1) is 6.07 Å². The first-order valence-electron chi connectivity index (χ1n) is 5.08. The van der Waals surface area contributed by atoms with E-state index in [-0.39, 0.29) is 11.1 Å². The molecule has 0 aliphatic carbocycles. The highest BCUT2D eigenvalue weighted by molar-refractivity contribution is 7.91. The lowest BCUT2D eigenvalue weighted by Gasteiger charge is -2.11. The van der Waals surface area contributed by atoms with Gasteiger partial charge >= 0.3 is 0 Å². The summed E-state index contributed by atoms with van der Waals surface area (Å²) < 4.78 is 23.9. The van der Waals surface area contributed by atoms with Crippen LogP contribution in [0.5, 0.6) is 0 Å². The molecule has 1 unspecified atom stereocenters. The lowest BCUT2D eigenvalue weighted by molar-refractivity contribution is 0.571. The molecular weight excluding hydrogens is 210 g/mol. The fourth-order valence-electron chi connectivity index (χ4n) is 1.81. The lowest BCUT2D eigenvalue weighted by Crippen LogP contribution is -2.31. The van der Waals surface area contributed by atoms with Gasteiger partial charge in [0.15, 0.2) is 9.84 Å². The Bertz CT molecular complexity index is 407. The zero-order chi connectivity index (χ0) is 10.7. The van der Waals surface area contributed by atoms with E-state index < -0.39 is 9.84 Å². The molecule has 0 spiro atoms. The van der Waals surface area contributed by atoms with Crippen molar-refractivity contribution in [2.24, 2.45) is 0 Å². The molecular formula is C11H14NO2S. The topological polar surface area (TPSA) is 46.2 Å². The first-order chi connectivity index (χ1) is 7.18. The molecule has 1 radical (unpaired) electrons. The number of sulfone groups is 1. The number of rotatable bonds is 3. The van der Waals surface area contributed by atoms with E-state index in [1.165, 1.54) is 0 Å². The van der Waals surface area contributed by atoms with Gasteiger partial charge in [-0.25, -0.2) is 8.42 Å². The summed E-state index contributed by atoms with van der Waals surface area (Å²) >= 11 is 0. The van der Waals surface area contributed by atoms with E-state index in [1.807, 2.05) is 12.1 Å². The molecule has 1 N–H and O–H groups in total. The summed E-state index contributed by atoms with van der Waals surface area (Å²) in [4.78, 5) is 0. The van der Waals surface area contributed by atoms with Gasteiger partial charge in [0.1, 0.15) is 5.37 Å². The van der Waals surface area contributed by atoms with Crippen molar-refractivity contribution in [2.75, 3.05) is 6.54 Å². The predicted molar refractivity (Wildman–Crippen MR) is 58.9 cm³/mol. The van der Waals surface area contributed by atoms with Crippen LogP contribution in [-0.2, 0) is 15.6 Å². The van der Waals surface area contributed by atoms with Gasteiger partial charge in [-0.3, -0.25) is 0 Å². The summed E-state index contributed by atoms with van der Waals surface area (Å²) in [5.41, 5.74) is 0.811. The van der Waals surface area contributed by atoms with Crippen molar-refractivity contribution < 1.29 is 8.42 Å². The fraction of sp³-hybridized carbons (Fsp3) is 0.455. The SMILES string of the molecule is O=S(=O)(Cc1c[c]ccc1)C1CCCN1. The predicted octanol–water partition coefficient (Wildman–Crippen LogP) is 1.11. The Morgan fingerprint density at radius 3 is 3.00 bits per heavy atom. The summed E-state index contributed by atoms with van der Waals surface area (Å²) in [5.74, 6) is 0.113. The van der Waals surface area contributed by atoms with Gasteiger partial charge in [0.2, 0.25) is 0 Å². The third-order valence-corrected chi connectivity index (χ3v) is 4.59. The van der Waals surface area contributed by atoms with Gasteiger partial charge in [-0.15, -0.1) is 0 Å². The Kier molecular flexibility index (Phi) is 3.07. The minimum absolute atomic E-state index is 0.113. The highest BCUT2D eigenvalue weighted by Gasteiger charge is 2.27. The van der Waals surface area contributed by atoms with Crippen LogP contribution in [0.25, 0.3) is 0 Å². The zero-order valence-corrected chi connectivity index (χ0v) is 9.26. The summed E-state index contributed by atoms with van der Waals surface area (Å²) in [6, 6.07) is 10.0. The number of benzene rings is 1. The standard InChI is InChI=1S/C11H14NO2S/c13-15(14,11-7-4-8-12-11)9-10-5-2-1-3-6-10/h1-2,5-6,11-12H,4,7-9H2. The Balaban J connectivity index is 2.11. The molecule has 1 aliphatic rings. The van der Waals surface area contributed by atoms with Crippen molar-refractivity contribution in [1.82, 2.24) is 5.32 Å². The van der Waals surface area contributed by atoms with Crippen LogP contribution in [-0.4, -0.2) is 20.3 Å². The van der Waals surface area contributed by atoms with E-state index in [2.05, 4.69) is 11.4 Å². The molecule has 1 aromatic rings. The molecule has 0 bridgehead atoms. The summed E-state index contributed by atoms with van der Waals surface area (Å²) in [5, 5.41) is 2.67. The average molecular weight is 224 g/mol. The monoisotopic (exact) mass is 224 g/mol. The molecule has 4 heteroatoms. The molecule has 3 nitrogen and oxygen atoms in total. The Labute approximate surface area is 90.4 Å². The molecule has 0 saturated carbocycles. The molecule has 1 aliphatic heterocycles. The highest BCUT2D eigenvalue weighted by atomic mass is 32.2. The molecule has 2 rings (SSSR count). The quantitative estimate of drug-likeness (QED) is 0.836. The van der Waals surface area contributed by atoms with E-state index >= 15 is 0 Å². The molecule has 0 amide bonds. The van der Waals surface area contributed by atoms with Gasteiger partial charge in [-0.2, -0.15) is 0 Å². The van der Waals surface area contributed by atoms with E-state index in [0.29, 0.717) is 0 Å². The smallest absolute Gasteiger partial charge is 0.170 e. The Morgan fingerprint density at radius 1 is 1.53 bits per heavy atom. The van der Waals surface area contributed by atoms with Crippen molar-refractivity contribution in [3.63, 3.8) is 0 Å². The van der Waals surface area contributed by atoms with Crippen LogP contribution in [0.2, 0.25) is 0 Å². The van der Waals surface area contributed by atoms with Crippen molar-refractivity contribution in [3.05, 3.63) is 35.9 Å². The van der Waals surface area contributed by atoms with E-state index in [0.717, 1.165) is 24.9 Å². The van der Waals surface area contributed by atoms with Gasteiger partial charge in [-0.05, 0) is 31.0 Å². The lowest BCUT2D eigenvalue weighted by atomic mass is 10.2. The van der Waals surface area contributed by atoms with Gasteiger partial charge in [-0.1, -0.05) is 24.3 Å². The third-order valence-electron chi connectivity index (χ3n) is 2.59. The third kappa shape index (κ3) is 2.58. The average Bonchev–Trinajstić information content (AvgIpc) is 2.71. The number of hydrogen-bond donors (Lipinski definition) is 1. The molecule has 81 valence electrons. The maximum absolute atomic E-state index is 11.9. The van der Waals surface area contributed by atoms with Crippen molar-refractivity contribution in [1.29, 1.82) is 0 Å². The number of hydrogen-bond acceptors (Lipinski definition) is 3. The van der Waals surface area contributed by atoms with E-state index in [1.54, 1.807) is 12.1 Å². The second-order valence-corrected chi connectivity index (χ2v) is 5.99. The van der Waals surface area contributed by atoms with Crippen molar-refractivity contribution in [2.45, 2.75) is 24.0 Å². The maximum atomic E-state index is 11.9. The van der Waals surface area contributed by atoms with Crippen LogP contribution in [0.15, 0.2) is 24.3 Å². The van der Waals surface area contributed by atoms with Crippen molar-refractivity contribution in [3.8, 4) is 0 Å². The molecule has 1 fully saturated rings. The van der Waals surface area contributed by atoms with Crippen LogP contribution in [0.1, 0.15) is 18.4 Å². The van der Waals surface area contributed by atoms with Gasteiger partial charge in [0.05, 0.1) is 5.75 Å². The maximum Gasteiger partial charge on any atom is 0.170 e. The van der Waals surface area contributed by atoms with Crippen LogP contribution >= 0.6 is 0 Å². The van der Waals surface area contributed by atoms with Gasteiger partial charge < -0.3 is 5.32 Å². The zero-order valence-electron chi connectivity index (χ0n) is 8.44. The summed E-state index contributed by atoms with van der Waals surface area (Å²) in [7, 11) is -3.04. The van der Waals surface area contributed by atoms with Crippen LogP contribution < -0.4 is 5.32 Å². The molecule has 1 aromatic carbocycles. The van der Waals surface area contributed by atoms with Crippen molar-refractivity contribution >= 4 is 9.84 Å². The number of nitrogens with one attached hydrogen (secondary N) is 1. The summed E-state index contributed by atoms with van der Waals surface area (Å²) in [6.45, 7) is 0.810. The Hall–Kier alpha value is -0.870.